The predicted octanol–water partition coefficient (Wildman–Crippen LogP) is 4.71. The molecule has 0 aliphatic carbocycles. The molecular formula is C16H15F3NO5P. The summed E-state index contributed by atoms with van der Waals surface area (Å²) in [5, 5.41) is 11.1. The molecule has 0 fully saturated rings. The van der Waals surface area contributed by atoms with E-state index in [1.807, 2.05) is 0 Å². The van der Waals surface area contributed by atoms with E-state index in [4.69, 9.17) is 9.26 Å². The van der Waals surface area contributed by atoms with E-state index in [1.165, 1.54) is 12.1 Å². The average Bonchev–Trinajstić information content (AvgIpc) is 2.60. The molecule has 0 aromatic heterocycles. The highest BCUT2D eigenvalue weighted by atomic mass is 31.1. The van der Waals surface area contributed by atoms with Crippen molar-refractivity contribution in [3.63, 3.8) is 0 Å². The number of benzene rings is 2. The summed E-state index contributed by atoms with van der Waals surface area (Å²) in [4.78, 5) is 10.5. The minimum absolute atomic E-state index is 0.115. The standard InChI is InChI=1S/C16H15F3NO5P/c1-3-10-8-13(20(21)22)15(26(23)24-2)9-14(10)25-12-6-4-11(5-7-12)16(17,18)19/h4-9,26H,3H2,1-2H3. The SMILES string of the molecule is CCc1cc([N+](=O)[O-])c([PH](=O)OC)cc1Oc1ccc(C(F)(F)F)cc1. The van der Waals surface area contributed by atoms with Gasteiger partial charge >= 0.3 is 6.18 Å². The van der Waals surface area contributed by atoms with E-state index >= 15 is 0 Å². The van der Waals surface area contributed by atoms with Crippen LogP contribution in [0.25, 0.3) is 0 Å². The van der Waals surface area contributed by atoms with Crippen molar-refractivity contribution in [1.29, 1.82) is 0 Å². The largest absolute Gasteiger partial charge is 0.457 e. The lowest BCUT2D eigenvalue weighted by Gasteiger charge is -2.13. The van der Waals surface area contributed by atoms with Crippen LogP contribution in [-0.2, 0) is 21.7 Å². The Balaban J connectivity index is 2.45. The van der Waals surface area contributed by atoms with Gasteiger partial charge in [-0.2, -0.15) is 13.2 Å². The normalized spacial score (nSPS) is 12.7. The zero-order valence-corrected chi connectivity index (χ0v) is 14.8. The van der Waals surface area contributed by atoms with Gasteiger partial charge in [-0.3, -0.25) is 14.7 Å². The number of hydrogen-bond donors (Lipinski definition) is 0. The Kier molecular flexibility index (Phi) is 6.05. The van der Waals surface area contributed by atoms with Crippen molar-refractivity contribution in [2.45, 2.75) is 19.5 Å². The molecule has 0 heterocycles. The molecule has 2 aromatic carbocycles. The fourth-order valence-corrected chi connectivity index (χ4v) is 3.09. The quantitative estimate of drug-likeness (QED) is 0.406. The maximum absolute atomic E-state index is 12.6. The summed E-state index contributed by atoms with van der Waals surface area (Å²) in [5.41, 5.74) is -0.729. The highest BCUT2D eigenvalue weighted by Crippen LogP contribution is 2.35. The Morgan fingerprint density at radius 1 is 1.19 bits per heavy atom. The van der Waals surface area contributed by atoms with E-state index in [0.717, 1.165) is 31.4 Å². The number of nitro benzene ring substituents is 1. The van der Waals surface area contributed by atoms with E-state index < -0.39 is 24.7 Å². The number of ether oxygens (including phenoxy) is 1. The summed E-state index contributed by atoms with van der Waals surface area (Å²) in [7, 11) is -1.70. The highest BCUT2D eigenvalue weighted by Gasteiger charge is 2.30. The van der Waals surface area contributed by atoms with Crippen LogP contribution in [0.3, 0.4) is 0 Å². The van der Waals surface area contributed by atoms with E-state index in [9.17, 15) is 27.9 Å². The number of nitro groups is 1. The lowest BCUT2D eigenvalue weighted by atomic mass is 10.1. The van der Waals surface area contributed by atoms with Gasteiger partial charge in [-0.25, -0.2) is 0 Å². The van der Waals surface area contributed by atoms with Gasteiger partial charge in [0.15, 0.2) is 0 Å². The highest BCUT2D eigenvalue weighted by molar-refractivity contribution is 7.48. The molecule has 6 nitrogen and oxygen atoms in total. The number of aryl methyl sites for hydroxylation is 1. The van der Waals surface area contributed by atoms with Crippen molar-refractivity contribution in [3.8, 4) is 11.5 Å². The maximum Gasteiger partial charge on any atom is 0.416 e. The van der Waals surface area contributed by atoms with E-state index in [2.05, 4.69) is 0 Å². The zero-order valence-electron chi connectivity index (χ0n) is 13.8. The van der Waals surface area contributed by atoms with Crippen molar-refractivity contribution in [2.24, 2.45) is 0 Å². The second-order valence-corrected chi connectivity index (χ2v) is 6.73. The first-order valence-electron chi connectivity index (χ1n) is 7.42. The van der Waals surface area contributed by atoms with Crippen LogP contribution in [0.2, 0.25) is 0 Å². The molecule has 0 amide bonds. The number of nitrogens with zero attached hydrogens (tertiary/aromatic N) is 1. The molecule has 2 rings (SSSR count). The summed E-state index contributed by atoms with van der Waals surface area (Å²) >= 11 is 0. The number of halogens is 3. The predicted molar refractivity (Wildman–Crippen MR) is 89.6 cm³/mol. The molecule has 0 N–H and O–H groups in total. The van der Waals surface area contributed by atoms with E-state index in [0.29, 0.717) is 12.0 Å². The Morgan fingerprint density at radius 3 is 2.27 bits per heavy atom. The summed E-state index contributed by atoms with van der Waals surface area (Å²) in [5.74, 6) is 0.285. The van der Waals surface area contributed by atoms with Crippen molar-refractivity contribution >= 4 is 19.0 Å². The van der Waals surface area contributed by atoms with Gasteiger partial charge in [0.1, 0.15) is 16.8 Å². The second kappa shape index (κ2) is 7.88. The van der Waals surface area contributed by atoms with Gasteiger partial charge in [0, 0.05) is 24.8 Å². The molecule has 0 aliphatic rings. The third-order valence-corrected chi connectivity index (χ3v) is 4.78. The molecular weight excluding hydrogens is 374 g/mol. The van der Waals surface area contributed by atoms with Gasteiger partial charge in [-0.05, 0) is 30.7 Å². The topological polar surface area (TPSA) is 78.7 Å². The van der Waals surface area contributed by atoms with Crippen molar-refractivity contribution in [3.05, 3.63) is 57.6 Å². The van der Waals surface area contributed by atoms with Crippen molar-refractivity contribution in [1.82, 2.24) is 0 Å². The molecule has 0 saturated heterocycles. The Bertz CT molecular complexity index is 837. The van der Waals surface area contributed by atoms with E-state index in [1.54, 1.807) is 6.92 Å². The maximum atomic E-state index is 12.6. The van der Waals surface area contributed by atoms with Crippen LogP contribution in [0, 0.1) is 10.1 Å². The molecule has 26 heavy (non-hydrogen) atoms. The van der Waals surface area contributed by atoms with Gasteiger partial charge in [0.05, 0.1) is 10.5 Å². The molecule has 2 aromatic rings. The molecule has 10 heteroatoms. The van der Waals surface area contributed by atoms with Crippen LogP contribution in [0.5, 0.6) is 11.5 Å². The Hall–Kier alpha value is -2.38. The van der Waals surface area contributed by atoms with Gasteiger partial charge in [0.2, 0.25) is 8.03 Å². The van der Waals surface area contributed by atoms with Crippen molar-refractivity contribution in [2.75, 3.05) is 7.11 Å². The summed E-state index contributed by atoms with van der Waals surface area (Å²) < 4.78 is 60.1. The average molecular weight is 389 g/mol. The van der Waals surface area contributed by atoms with Crippen LogP contribution < -0.4 is 10.0 Å². The minimum atomic E-state index is -4.47. The third-order valence-electron chi connectivity index (χ3n) is 3.57. The molecule has 0 radical (unpaired) electrons. The first kappa shape index (κ1) is 19.9. The van der Waals surface area contributed by atoms with Crippen LogP contribution >= 0.6 is 8.03 Å². The zero-order chi connectivity index (χ0) is 19.5. The molecule has 1 unspecified atom stereocenters. The first-order chi connectivity index (χ1) is 12.2. The molecule has 1 atom stereocenters. The lowest BCUT2D eigenvalue weighted by Crippen LogP contribution is -2.09. The van der Waals surface area contributed by atoms with Crippen LogP contribution in [0.15, 0.2) is 36.4 Å². The summed E-state index contributed by atoms with van der Waals surface area (Å²) in [6, 6.07) is 6.48. The Morgan fingerprint density at radius 2 is 1.81 bits per heavy atom. The van der Waals surface area contributed by atoms with Gasteiger partial charge in [0.25, 0.3) is 5.69 Å². The summed E-state index contributed by atoms with van der Waals surface area (Å²) in [6.07, 6.45) is -4.10. The fourth-order valence-electron chi connectivity index (χ4n) is 2.25. The Labute approximate surface area is 147 Å². The molecule has 0 spiro atoms. The number of hydrogen-bond acceptors (Lipinski definition) is 5. The molecule has 140 valence electrons. The van der Waals surface area contributed by atoms with Crippen LogP contribution in [0.4, 0.5) is 18.9 Å². The van der Waals surface area contributed by atoms with Gasteiger partial charge < -0.3 is 9.26 Å². The number of alkyl halides is 3. The van der Waals surface area contributed by atoms with Crippen molar-refractivity contribution < 1.29 is 31.9 Å². The monoisotopic (exact) mass is 389 g/mol. The third kappa shape index (κ3) is 4.42. The first-order valence-corrected chi connectivity index (χ1v) is 8.73. The lowest BCUT2D eigenvalue weighted by molar-refractivity contribution is -0.383. The van der Waals surface area contributed by atoms with Crippen LogP contribution in [0.1, 0.15) is 18.1 Å². The fraction of sp³-hybridized carbons (Fsp3) is 0.250. The van der Waals surface area contributed by atoms with Gasteiger partial charge in [-0.1, -0.05) is 6.92 Å². The second-order valence-electron chi connectivity index (χ2n) is 5.20. The van der Waals surface area contributed by atoms with Crippen LogP contribution in [-0.4, -0.2) is 12.0 Å². The van der Waals surface area contributed by atoms with E-state index in [-0.39, 0.29) is 22.5 Å². The minimum Gasteiger partial charge on any atom is -0.457 e. The summed E-state index contributed by atoms with van der Waals surface area (Å²) in [6.45, 7) is 1.73. The number of rotatable bonds is 6. The van der Waals surface area contributed by atoms with Gasteiger partial charge in [-0.15, -0.1) is 0 Å². The molecule has 0 aliphatic heterocycles. The molecule has 0 saturated carbocycles. The molecule has 0 bridgehead atoms. The smallest absolute Gasteiger partial charge is 0.416 e.